The number of rotatable bonds is 2. The van der Waals surface area contributed by atoms with Crippen molar-refractivity contribution in [1.29, 1.82) is 0 Å². The third-order valence-electron chi connectivity index (χ3n) is 2.88. The second kappa shape index (κ2) is 5.57. The average Bonchev–Trinajstić information content (AvgIpc) is 2.41. The van der Waals surface area contributed by atoms with Crippen LogP contribution in [0.4, 0.5) is 16.2 Å². The lowest BCUT2D eigenvalue weighted by atomic mass is 10.2. The van der Waals surface area contributed by atoms with Crippen molar-refractivity contribution in [2.45, 2.75) is 6.04 Å². The van der Waals surface area contributed by atoms with Crippen LogP contribution in [0.25, 0.3) is 0 Å². The maximum atomic E-state index is 12.1. The van der Waals surface area contributed by atoms with E-state index in [2.05, 4.69) is 5.32 Å². The van der Waals surface area contributed by atoms with E-state index < -0.39 is 11.9 Å². The minimum Gasteiger partial charge on any atom is -0.399 e. The van der Waals surface area contributed by atoms with Gasteiger partial charge in [0.15, 0.2) is 0 Å². The summed E-state index contributed by atoms with van der Waals surface area (Å²) >= 11 is 0. The van der Waals surface area contributed by atoms with Crippen LogP contribution in [0.1, 0.15) is 0 Å². The highest BCUT2D eigenvalue weighted by molar-refractivity contribution is 5.93. The summed E-state index contributed by atoms with van der Waals surface area (Å²) in [5.74, 6) is -0.577. The molecule has 1 aliphatic heterocycles. The number of morpholine rings is 1. The Labute approximate surface area is 110 Å². The molecule has 5 N–H and O–H groups in total. The van der Waals surface area contributed by atoms with Crippen molar-refractivity contribution in [2.75, 3.05) is 30.8 Å². The fourth-order valence-electron chi connectivity index (χ4n) is 1.84. The van der Waals surface area contributed by atoms with Crippen LogP contribution >= 0.6 is 0 Å². The molecule has 1 aromatic carbocycles. The number of carbonyl (C=O) groups is 2. The monoisotopic (exact) mass is 264 g/mol. The van der Waals surface area contributed by atoms with Gasteiger partial charge in [0.25, 0.3) is 0 Å². The largest absolute Gasteiger partial charge is 0.399 e. The van der Waals surface area contributed by atoms with E-state index in [1.165, 1.54) is 4.90 Å². The Kier molecular flexibility index (Phi) is 3.86. The van der Waals surface area contributed by atoms with Gasteiger partial charge in [0.05, 0.1) is 13.2 Å². The molecule has 0 aromatic heterocycles. The molecule has 0 bridgehead atoms. The first-order chi connectivity index (χ1) is 9.08. The summed E-state index contributed by atoms with van der Waals surface area (Å²) in [4.78, 5) is 24.7. The molecule has 1 heterocycles. The summed E-state index contributed by atoms with van der Waals surface area (Å²) in [6.45, 7) is 0.845. The highest BCUT2D eigenvalue weighted by atomic mass is 16.5. The van der Waals surface area contributed by atoms with Crippen molar-refractivity contribution >= 4 is 23.3 Å². The van der Waals surface area contributed by atoms with E-state index in [1.54, 1.807) is 24.3 Å². The number of benzene rings is 1. The predicted molar refractivity (Wildman–Crippen MR) is 70.4 cm³/mol. The Morgan fingerprint density at radius 2 is 2.00 bits per heavy atom. The van der Waals surface area contributed by atoms with E-state index in [0.717, 1.165) is 0 Å². The van der Waals surface area contributed by atoms with E-state index in [4.69, 9.17) is 16.2 Å². The highest BCUT2D eigenvalue weighted by Gasteiger charge is 2.31. The van der Waals surface area contributed by atoms with Gasteiger partial charge < -0.3 is 26.4 Å². The van der Waals surface area contributed by atoms with Crippen LogP contribution in [-0.2, 0) is 9.53 Å². The highest BCUT2D eigenvalue weighted by Crippen LogP contribution is 2.13. The van der Waals surface area contributed by atoms with Gasteiger partial charge in [-0.1, -0.05) is 0 Å². The number of ether oxygens (including phenoxy) is 1. The van der Waals surface area contributed by atoms with Crippen LogP contribution in [-0.4, -0.2) is 42.6 Å². The minimum atomic E-state index is -0.734. The third kappa shape index (κ3) is 3.14. The molecular formula is C12H16N4O3. The summed E-state index contributed by atoms with van der Waals surface area (Å²) in [6, 6.07) is 5.63. The maximum Gasteiger partial charge on any atom is 0.322 e. The van der Waals surface area contributed by atoms with Crippen LogP contribution in [0.2, 0.25) is 0 Å². The summed E-state index contributed by atoms with van der Waals surface area (Å²) in [6.07, 6.45) is 0. The molecule has 3 amide bonds. The third-order valence-corrected chi connectivity index (χ3v) is 2.88. The zero-order chi connectivity index (χ0) is 13.8. The van der Waals surface area contributed by atoms with Crippen LogP contribution in [0, 0.1) is 0 Å². The molecular weight excluding hydrogens is 248 g/mol. The molecule has 102 valence electrons. The van der Waals surface area contributed by atoms with Crippen molar-refractivity contribution in [3.63, 3.8) is 0 Å². The first kappa shape index (κ1) is 13.2. The van der Waals surface area contributed by atoms with Gasteiger partial charge in [-0.3, -0.25) is 4.79 Å². The molecule has 2 rings (SSSR count). The number of carbonyl (C=O) groups excluding carboxylic acids is 2. The molecule has 1 aromatic rings. The minimum absolute atomic E-state index is 0.129. The Morgan fingerprint density at radius 3 is 2.63 bits per heavy atom. The Hall–Kier alpha value is -2.28. The topological polar surface area (TPSA) is 111 Å². The summed E-state index contributed by atoms with van der Waals surface area (Å²) in [5, 5.41) is 2.69. The van der Waals surface area contributed by atoms with Crippen LogP contribution < -0.4 is 16.8 Å². The smallest absolute Gasteiger partial charge is 0.322 e. The molecule has 7 nitrogen and oxygen atoms in total. The van der Waals surface area contributed by atoms with Crippen molar-refractivity contribution < 1.29 is 14.3 Å². The molecule has 0 spiro atoms. The molecule has 19 heavy (non-hydrogen) atoms. The number of amides is 3. The zero-order valence-electron chi connectivity index (χ0n) is 10.3. The zero-order valence-corrected chi connectivity index (χ0v) is 10.3. The second-order valence-electron chi connectivity index (χ2n) is 4.24. The summed E-state index contributed by atoms with van der Waals surface area (Å²) in [5.41, 5.74) is 12.0. The van der Waals surface area contributed by atoms with E-state index in [9.17, 15) is 9.59 Å². The van der Waals surface area contributed by atoms with Gasteiger partial charge in [-0.2, -0.15) is 0 Å². The van der Waals surface area contributed by atoms with Crippen molar-refractivity contribution in [3.8, 4) is 0 Å². The SMILES string of the molecule is NC(=O)C1COCCN1C(=O)Nc1ccc(N)cc1. The van der Waals surface area contributed by atoms with E-state index in [-0.39, 0.29) is 12.6 Å². The fourth-order valence-corrected chi connectivity index (χ4v) is 1.84. The molecule has 1 saturated heterocycles. The number of nitrogens with two attached hydrogens (primary N) is 2. The number of anilines is 2. The molecule has 1 fully saturated rings. The maximum absolute atomic E-state index is 12.1. The second-order valence-corrected chi connectivity index (χ2v) is 4.24. The van der Waals surface area contributed by atoms with Gasteiger partial charge in [0.1, 0.15) is 6.04 Å². The summed E-state index contributed by atoms with van der Waals surface area (Å²) in [7, 11) is 0. The van der Waals surface area contributed by atoms with E-state index in [0.29, 0.717) is 24.5 Å². The van der Waals surface area contributed by atoms with E-state index in [1.807, 2.05) is 0 Å². The number of urea groups is 1. The molecule has 7 heteroatoms. The van der Waals surface area contributed by atoms with Gasteiger partial charge in [0.2, 0.25) is 5.91 Å². The van der Waals surface area contributed by atoms with Gasteiger partial charge in [0, 0.05) is 17.9 Å². The van der Waals surface area contributed by atoms with Crippen molar-refractivity contribution in [3.05, 3.63) is 24.3 Å². The molecule has 0 aliphatic carbocycles. The molecule has 1 unspecified atom stereocenters. The standard InChI is InChI=1S/C12H16N4O3/c13-8-1-3-9(4-2-8)15-12(18)16-5-6-19-7-10(16)11(14)17/h1-4,10H,5-7,13H2,(H2,14,17)(H,15,18). The van der Waals surface area contributed by atoms with Gasteiger partial charge in [-0.15, -0.1) is 0 Å². The normalized spacial score (nSPS) is 18.9. The lowest BCUT2D eigenvalue weighted by Gasteiger charge is -2.33. The first-order valence-corrected chi connectivity index (χ1v) is 5.88. The molecule has 1 aliphatic rings. The average molecular weight is 264 g/mol. The number of nitrogens with one attached hydrogen (secondary N) is 1. The number of hydrogen-bond acceptors (Lipinski definition) is 4. The van der Waals surface area contributed by atoms with Crippen LogP contribution in [0.5, 0.6) is 0 Å². The van der Waals surface area contributed by atoms with Gasteiger partial charge in [-0.25, -0.2) is 4.79 Å². The van der Waals surface area contributed by atoms with Crippen LogP contribution in [0.15, 0.2) is 24.3 Å². The van der Waals surface area contributed by atoms with E-state index >= 15 is 0 Å². The van der Waals surface area contributed by atoms with Gasteiger partial charge >= 0.3 is 6.03 Å². The lowest BCUT2D eigenvalue weighted by molar-refractivity contribution is -0.126. The van der Waals surface area contributed by atoms with Gasteiger partial charge in [-0.05, 0) is 24.3 Å². The number of nitrogen functional groups attached to an aromatic ring is 1. The quantitative estimate of drug-likeness (QED) is 0.652. The lowest BCUT2D eigenvalue weighted by Crippen LogP contribution is -2.55. The molecule has 0 radical (unpaired) electrons. The Morgan fingerprint density at radius 1 is 1.32 bits per heavy atom. The Bertz CT molecular complexity index is 474. The van der Waals surface area contributed by atoms with Crippen molar-refractivity contribution in [2.24, 2.45) is 5.73 Å². The van der Waals surface area contributed by atoms with Crippen molar-refractivity contribution in [1.82, 2.24) is 4.90 Å². The summed E-state index contributed by atoms with van der Waals surface area (Å²) < 4.78 is 5.15. The number of hydrogen-bond donors (Lipinski definition) is 3. The number of nitrogens with zero attached hydrogens (tertiary/aromatic N) is 1. The first-order valence-electron chi connectivity index (χ1n) is 5.88. The van der Waals surface area contributed by atoms with Crippen LogP contribution in [0.3, 0.4) is 0 Å². The Balaban J connectivity index is 2.05. The molecule has 1 atom stereocenters. The number of primary amides is 1. The fraction of sp³-hybridized carbons (Fsp3) is 0.333. The molecule has 0 saturated carbocycles. The predicted octanol–water partition coefficient (Wildman–Crippen LogP) is -0.0132.